The fourth-order valence-corrected chi connectivity index (χ4v) is 2.35. The largest absolute Gasteiger partial charge is 0.481 e. The van der Waals surface area contributed by atoms with Crippen molar-refractivity contribution in [3.05, 3.63) is 0 Å². The van der Waals surface area contributed by atoms with Crippen LogP contribution in [0.15, 0.2) is 0 Å². The van der Waals surface area contributed by atoms with E-state index in [9.17, 15) is 24.3 Å². The van der Waals surface area contributed by atoms with E-state index in [0.29, 0.717) is 0 Å². The summed E-state index contributed by atoms with van der Waals surface area (Å²) in [7, 11) is 0. The van der Waals surface area contributed by atoms with Crippen molar-refractivity contribution in [2.45, 2.75) is 33.0 Å². The van der Waals surface area contributed by atoms with Crippen LogP contribution in [0.25, 0.3) is 0 Å². The highest BCUT2D eigenvalue weighted by Gasteiger charge is 2.59. The first kappa shape index (κ1) is 18.9. The van der Waals surface area contributed by atoms with E-state index in [1.807, 2.05) is 0 Å². The van der Waals surface area contributed by atoms with E-state index < -0.39 is 47.9 Å². The quantitative estimate of drug-likeness (QED) is 0.496. The number of carboxylic acid groups (broad SMARTS) is 1. The first-order valence-electron chi connectivity index (χ1n) is 7.27. The second-order valence-corrected chi connectivity index (χ2v) is 4.62. The third-order valence-corrected chi connectivity index (χ3v) is 3.21. The molecule has 1 aliphatic heterocycles. The fraction of sp³-hybridized carbons (Fsp3) is 0.714. The summed E-state index contributed by atoms with van der Waals surface area (Å²) < 4.78 is 19.6. The van der Waals surface area contributed by atoms with E-state index >= 15 is 0 Å². The molecule has 9 heteroatoms. The molecule has 0 spiro atoms. The Labute approximate surface area is 132 Å². The standard InChI is InChI=1S/C14H20O9/c1-4-20-12(17)8-7(11(15)16)9(13(18)21-5-2)23-10(8)14(19)22-6-3/h7-10H,4-6H2,1-3H3,(H,15,16). The van der Waals surface area contributed by atoms with E-state index in [1.165, 1.54) is 13.8 Å². The van der Waals surface area contributed by atoms with Crippen LogP contribution in [0.2, 0.25) is 0 Å². The minimum Gasteiger partial charge on any atom is -0.481 e. The maximum absolute atomic E-state index is 12.1. The Morgan fingerprint density at radius 3 is 1.57 bits per heavy atom. The lowest BCUT2D eigenvalue weighted by Crippen LogP contribution is -2.41. The maximum atomic E-state index is 12.1. The fourth-order valence-electron chi connectivity index (χ4n) is 2.35. The van der Waals surface area contributed by atoms with Gasteiger partial charge in [0.15, 0.2) is 12.2 Å². The Morgan fingerprint density at radius 2 is 1.17 bits per heavy atom. The molecule has 0 aliphatic carbocycles. The van der Waals surface area contributed by atoms with E-state index in [-0.39, 0.29) is 19.8 Å². The van der Waals surface area contributed by atoms with Gasteiger partial charge < -0.3 is 24.1 Å². The second kappa shape index (κ2) is 8.47. The Hall–Kier alpha value is -2.16. The van der Waals surface area contributed by atoms with Crippen molar-refractivity contribution in [3.63, 3.8) is 0 Å². The molecule has 0 aromatic rings. The number of carboxylic acids is 1. The summed E-state index contributed by atoms with van der Waals surface area (Å²) in [6.45, 7) is 4.61. The van der Waals surface area contributed by atoms with Crippen molar-refractivity contribution in [1.82, 2.24) is 0 Å². The predicted octanol–water partition coefficient (Wildman–Crippen LogP) is -0.240. The number of carbonyl (C=O) groups excluding carboxylic acids is 3. The van der Waals surface area contributed by atoms with Gasteiger partial charge >= 0.3 is 23.9 Å². The van der Waals surface area contributed by atoms with Crippen LogP contribution in [0, 0.1) is 11.8 Å². The third kappa shape index (κ3) is 4.19. The van der Waals surface area contributed by atoms with E-state index in [2.05, 4.69) is 0 Å². The van der Waals surface area contributed by atoms with Gasteiger partial charge in [-0.3, -0.25) is 9.59 Å². The summed E-state index contributed by atoms with van der Waals surface area (Å²) in [4.78, 5) is 47.5. The zero-order valence-corrected chi connectivity index (χ0v) is 13.1. The average Bonchev–Trinajstić information content (AvgIpc) is 2.88. The lowest BCUT2D eigenvalue weighted by Gasteiger charge is -2.18. The highest BCUT2D eigenvalue weighted by atomic mass is 16.6. The highest BCUT2D eigenvalue weighted by molar-refractivity contribution is 5.93. The first-order chi connectivity index (χ1) is 10.9. The highest BCUT2D eigenvalue weighted by Crippen LogP contribution is 2.35. The van der Waals surface area contributed by atoms with Gasteiger partial charge in [-0.15, -0.1) is 0 Å². The summed E-state index contributed by atoms with van der Waals surface area (Å²) >= 11 is 0. The number of hydrogen-bond donors (Lipinski definition) is 1. The van der Waals surface area contributed by atoms with Crippen molar-refractivity contribution in [2.24, 2.45) is 11.8 Å². The third-order valence-electron chi connectivity index (χ3n) is 3.21. The summed E-state index contributed by atoms with van der Waals surface area (Å²) in [5, 5.41) is 9.37. The molecule has 0 bridgehead atoms. The SMILES string of the molecule is CCOC(=O)C1OC(C(=O)OCC)C(C(=O)OCC)C1C(=O)O. The van der Waals surface area contributed by atoms with Crippen molar-refractivity contribution in [1.29, 1.82) is 0 Å². The van der Waals surface area contributed by atoms with Gasteiger partial charge in [-0.1, -0.05) is 0 Å². The summed E-state index contributed by atoms with van der Waals surface area (Å²) in [5.74, 6) is -7.37. The van der Waals surface area contributed by atoms with Crippen LogP contribution < -0.4 is 0 Å². The molecule has 130 valence electrons. The van der Waals surface area contributed by atoms with Crippen molar-refractivity contribution >= 4 is 23.9 Å². The number of esters is 3. The zero-order valence-electron chi connectivity index (χ0n) is 13.1. The Bertz CT molecular complexity index is 473. The number of aliphatic carboxylic acids is 1. The molecular formula is C14H20O9. The lowest BCUT2D eigenvalue weighted by molar-refractivity contribution is -0.169. The molecule has 0 radical (unpaired) electrons. The smallest absolute Gasteiger partial charge is 0.336 e. The molecule has 1 rings (SSSR count). The van der Waals surface area contributed by atoms with Crippen molar-refractivity contribution in [3.8, 4) is 0 Å². The topological polar surface area (TPSA) is 125 Å². The number of ether oxygens (including phenoxy) is 4. The van der Waals surface area contributed by atoms with Gasteiger partial charge in [0.2, 0.25) is 0 Å². The molecule has 4 atom stereocenters. The molecule has 1 N–H and O–H groups in total. The molecule has 0 saturated carbocycles. The molecule has 9 nitrogen and oxygen atoms in total. The van der Waals surface area contributed by atoms with Gasteiger partial charge in [-0.05, 0) is 20.8 Å². The first-order valence-corrected chi connectivity index (χ1v) is 7.27. The monoisotopic (exact) mass is 332 g/mol. The molecule has 23 heavy (non-hydrogen) atoms. The molecule has 0 amide bonds. The van der Waals surface area contributed by atoms with Crippen molar-refractivity contribution in [2.75, 3.05) is 19.8 Å². The summed E-state index contributed by atoms with van der Waals surface area (Å²) in [6, 6.07) is 0. The average molecular weight is 332 g/mol. The van der Waals surface area contributed by atoms with Gasteiger partial charge in [0.05, 0.1) is 19.8 Å². The molecule has 4 unspecified atom stereocenters. The molecule has 1 saturated heterocycles. The van der Waals surface area contributed by atoms with Crippen LogP contribution in [0.1, 0.15) is 20.8 Å². The normalized spacial score (nSPS) is 26.4. The molecule has 0 aromatic heterocycles. The van der Waals surface area contributed by atoms with Gasteiger partial charge in [0.1, 0.15) is 11.8 Å². The summed E-state index contributed by atoms with van der Waals surface area (Å²) in [5.41, 5.74) is 0. The van der Waals surface area contributed by atoms with Gasteiger partial charge in [-0.2, -0.15) is 0 Å². The predicted molar refractivity (Wildman–Crippen MR) is 73.2 cm³/mol. The van der Waals surface area contributed by atoms with Crippen LogP contribution >= 0.6 is 0 Å². The van der Waals surface area contributed by atoms with E-state index in [1.54, 1.807) is 6.92 Å². The lowest BCUT2D eigenvalue weighted by atomic mass is 9.87. The molecule has 1 aliphatic rings. The van der Waals surface area contributed by atoms with Crippen LogP contribution in [0.4, 0.5) is 0 Å². The minimum absolute atomic E-state index is 0.000815. The summed E-state index contributed by atoms with van der Waals surface area (Å²) in [6.07, 6.45) is -3.12. The Balaban J connectivity index is 3.18. The Kier molecular flexibility index (Phi) is 6.95. The Morgan fingerprint density at radius 1 is 0.783 bits per heavy atom. The molecule has 1 heterocycles. The number of carbonyl (C=O) groups is 4. The van der Waals surface area contributed by atoms with E-state index in [4.69, 9.17) is 18.9 Å². The number of rotatable bonds is 7. The van der Waals surface area contributed by atoms with Gasteiger partial charge in [-0.25, -0.2) is 9.59 Å². The van der Waals surface area contributed by atoms with Crippen LogP contribution in [-0.4, -0.2) is 61.0 Å². The molecule has 0 aromatic carbocycles. The van der Waals surface area contributed by atoms with Crippen LogP contribution in [0.5, 0.6) is 0 Å². The van der Waals surface area contributed by atoms with Crippen LogP contribution in [-0.2, 0) is 38.1 Å². The molecular weight excluding hydrogens is 312 g/mol. The maximum Gasteiger partial charge on any atom is 0.336 e. The van der Waals surface area contributed by atoms with Crippen molar-refractivity contribution < 1.29 is 43.2 Å². The van der Waals surface area contributed by atoms with Gasteiger partial charge in [0, 0.05) is 0 Å². The zero-order chi connectivity index (χ0) is 17.6. The van der Waals surface area contributed by atoms with E-state index in [0.717, 1.165) is 0 Å². The minimum atomic E-state index is -1.59. The molecule has 1 fully saturated rings. The van der Waals surface area contributed by atoms with Crippen LogP contribution in [0.3, 0.4) is 0 Å². The van der Waals surface area contributed by atoms with Gasteiger partial charge in [0.25, 0.3) is 0 Å². The second-order valence-electron chi connectivity index (χ2n) is 4.62. The number of hydrogen-bond acceptors (Lipinski definition) is 8.